The molecule has 0 bridgehead atoms. The van der Waals surface area contributed by atoms with Gasteiger partial charge in [-0.05, 0) is 36.5 Å². The summed E-state index contributed by atoms with van der Waals surface area (Å²) in [6.45, 7) is 2.33. The molecule has 0 aromatic heterocycles. The number of hydrogen-bond donors (Lipinski definition) is 0. The van der Waals surface area contributed by atoms with E-state index >= 15 is 0 Å². The summed E-state index contributed by atoms with van der Waals surface area (Å²) in [5.74, 6) is 4.73. The Morgan fingerprint density at radius 1 is 1.30 bits per heavy atom. The van der Waals surface area contributed by atoms with Crippen molar-refractivity contribution in [2.24, 2.45) is 0 Å². The molecule has 0 saturated carbocycles. The molecule has 62 valence electrons. The highest BCUT2D eigenvalue weighted by molar-refractivity contribution is 14.1. The van der Waals surface area contributed by atoms with Crippen molar-refractivity contribution in [2.45, 2.75) is 26.2 Å². The zero-order chi connectivity index (χ0) is 7.45. The molecule has 0 aromatic carbocycles. The summed E-state index contributed by atoms with van der Waals surface area (Å²) in [5, 5.41) is 0. The lowest BCUT2D eigenvalue weighted by molar-refractivity contribution is 0.949. The Bertz CT molecular complexity index is 97.4. The average Bonchev–Trinajstić information content (AvgIpc) is 2.39. The molecule has 0 atom stereocenters. The molecular weight excluding hydrogens is 255 g/mol. The van der Waals surface area contributed by atoms with Crippen LogP contribution in [0.5, 0.6) is 0 Å². The van der Waals surface area contributed by atoms with Gasteiger partial charge in [-0.3, -0.25) is 0 Å². The van der Waals surface area contributed by atoms with Crippen molar-refractivity contribution in [3.8, 4) is 0 Å². The fraction of sp³-hybridized carbons (Fsp3) is 1.00. The molecule has 1 saturated heterocycles. The third kappa shape index (κ3) is 2.03. The van der Waals surface area contributed by atoms with Gasteiger partial charge in [0.15, 0.2) is 0 Å². The Balaban J connectivity index is 2.41. The molecule has 1 fully saturated rings. The Morgan fingerprint density at radius 3 is 2.30 bits per heavy atom. The molecule has 0 unspecified atom stereocenters. The quantitative estimate of drug-likeness (QED) is 0.545. The van der Waals surface area contributed by atoms with Crippen LogP contribution >= 0.6 is 32.6 Å². The van der Waals surface area contributed by atoms with Crippen molar-refractivity contribution in [2.75, 3.05) is 21.0 Å². The monoisotopic (exact) mass is 272 g/mol. The van der Waals surface area contributed by atoms with E-state index in [4.69, 9.17) is 0 Å². The molecule has 2 heteroatoms. The summed E-state index contributed by atoms with van der Waals surface area (Å²) in [7, 11) is -0.0625. The molecule has 0 N–H and O–H groups in total. The van der Waals surface area contributed by atoms with Gasteiger partial charge in [-0.15, -0.1) is 0 Å². The van der Waals surface area contributed by atoms with Gasteiger partial charge in [0.05, 0.1) is 0 Å². The van der Waals surface area contributed by atoms with Crippen LogP contribution in [-0.4, -0.2) is 21.0 Å². The van der Waals surface area contributed by atoms with E-state index in [-0.39, 0.29) is 10.0 Å². The van der Waals surface area contributed by atoms with E-state index < -0.39 is 0 Å². The minimum Gasteiger partial charge on any atom is -0.232 e. The molecule has 1 rings (SSSR count). The Hall–Kier alpha value is 1.08. The van der Waals surface area contributed by atoms with Crippen LogP contribution in [0.4, 0.5) is 0 Å². The van der Waals surface area contributed by atoms with Crippen LogP contribution in [-0.2, 0) is 0 Å². The molecule has 0 spiro atoms. The second-order valence-corrected chi connectivity index (χ2v) is 8.91. The summed E-state index contributed by atoms with van der Waals surface area (Å²) in [6.07, 6.45) is 4.47. The molecule has 0 amide bonds. The summed E-state index contributed by atoms with van der Waals surface area (Å²) in [6, 6.07) is 0. The van der Waals surface area contributed by atoms with Crippen molar-refractivity contribution in [3.05, 3.63) is 0 Å². The lowest BCUT2D eigenvalue weighted by Gasteiger charge is -2.32. The molecular formula is C8H17IS. The molecule has 0 aromatic rings. The van der Waals surface area contributed by atoms with Gasteiger partial charge in [0.2, 0.25) is 0 Å². The minimum atomic E-state index is -0.0625. The fourth-order valence-electron chi connectivity index (χ4n) is 1.72. The predicted molar refractivity (Wildman–Crippen MR) is 60.6 cm³/mol. The van der Waals surface area contributed by atoms with Crippen LogP contribution in [0.1, 0.15) is 26.2 Å². The maximum atomic E-state index is 2.60. The van der Waals surface area contributed by atoms with E-state index in [9.17, 15) is 0 Å². The van der Waals surface area contributed by atoms with Crippen molar-refractivity contribution in [1.82, 2.24) is 0 Å². The van der Waals surface area contributed by atoms with Crippen LogP contribution in [0.3, 0.4) is 0 Å². The maximum absolute atomic E-state index is 2.60. The number of alkyl halides is 1. The van der Waals surface area contributed by atoms with Gasteiger partial charge in [0.25, 0.3) is 0 Å². The van der Waals surface area contributed by atoms with E-state index in [2.05, 4.69) is 29.5 Å². The van der Waals surface area contributed by atoms with Gasteiger partial charge < -0.3 is 0 Å². The summed E-state index contributed by atoms with van der Waals surface area (Å²) >= 11 is 2.60. The molecule has 10 heavy (non-hydrogen) atoms. The zero-order valence-electron chi connectivity index (χ0n) is 6.74. The van der Waals surface area contributed by atoms with Crippen molar-refractivity contribution < 1.29 is 0 Å². The summed E-state index contributed by atoms with van der Waals surface area (Å²) in [4.78, 5) is 0. The lowest BCUT2D eigenvalue weighted by atomic mass is 10.4. The van der Waals surface area contributed by atoms with Gasteiger partial charge in [0.1, 0.15) is 0 Å². The van der Waals surface area contributed by atoms with Gasteiger partial charge in [-0.1, -0.05) is 29.5 Å². The molecule has 1 heterocycles. The van der Waals surface area contributed by atoms with E-state index in [1.165, 1.54) is 23.0 Å². The average molecular weight is 272 g/mol. The highest BCUT2D eigenvalue weighted by atomic mass is 127. The first-order valence-electron chi connectivity index (χ1n) is 4.13. The standard InChI is InChI=1S/C8H17IS/c1-2-5-10(8-9)6-3-4-7-10/h2-8H2,1H3. The van der Waals surface area contributed by atoms with Crippen LogP contribution in [0.15, 0.2) is 0 Å². The largest absolute Gasteiger partial charge is 0.232 e. The van der Waals surface area contributed by atoms with E-state index in [1.807, 2.05) is 0 Å². The highest BCUT2D eigenvalue weighted by Gasteiger charge is 2.25. The molecule has 0 aliphatic carbocycles. The van der Waals surface area contributed by atoms with Crippen molar-refractivity contribution in [3.63, 3.8) is 0 Å². The van der Waals surface area contributed by atoms with E-state index in [1.54, 1.807) is 17.3 Å². The Labute approximate surface area is 79.6 Å². The van der Waals surface area contributed by atoms with Crippen molar-refractivity contribution in [1.29, 1.82) is 0 Å². The smallest absolute Gasteiger partial charge is 0.0298 e. The third-order valence-electron chi connectivity index (χ3n) is 2.27. The maximum Gasteiger partial charge on any atom is 0.0298 e. The molecule has 1 aliphatic heterocycles. The molecule has 0 nitrogen and oxygen atoms in total. The SMILES string of the molecule is CCCS1(CI)CCCC1. The first-order chi connectivity index (χ1) is 4.83. The Kier molecular flexibility index (Phi) is 3.84. The molecule has 1 aliphatic rings. The van der Waals surface area contributed by atoms with E-state index in [0.717, 1.165) is 0 Å². The molecule has 0 radical (unpaired) electrons. The van der Waals surface area contributed by atoms with Crippen molar-refractivity contribution >= 4 is 32.6 Å². The first kappa shape index (κ1) is 9.17. The van der Waals surface area contributed by atoms with E-state index in [0.29, 0.717) is 0 Å². The predicted octanol–water partition coefficient (Wildman–Crippen LogP) is 3.39. The first-order valence-corrected chi connectivity index (χ1v) is 7.96. The van der Waals surface area contributed by atoms with Crippen LogP contribution in [0.2, 0.25) is 0 Å². The van der Waals surface area contributed by atoms with Gasteiger partial charge >= 0.3 is 0 Å². The third-order valence-corrected chi connectivity index (χ3v) is 10.3. The summed E-state index contributed by atoms with van der Waals surface area (Å²) in [5.41, 5.74) is 0. The topological polar surface area (TPSA) is 0 Å². The van der Waals surface area contributed by atoms with Crippen LogP contribution in [0.25, 0.3) is 0 Å². The van der Waals surface area contributed by atoms with Crippen LogP contribution in [0, 0.1) is 0 Å². The normalized spacial score (nSPS) is 26.6. The lowest BCUT2D eigenvalue weighted by Crippen LogP contribution is -2.07. The van der Waals surface area contributed by atoms with Crippen LogP contribution < -0.4 is 0 Å². The number of rotatable bonds is 3. The second kappa shape index (κ2) is 4.19. The van der Waals surface area contributed by atoms with Gasteiger partial charge in [-0.2, -0.15) is 0 Å². The van der Waals surface area contributed by atoms with Gasteiger partial charge in [0, 0.05) is 3.76 Å². The minimum absolute atomic E-state index is 0.0625. The number of halogens is 1. The Morgan fingerprint density at radius 2 is 1.90 bits per heavy atom. The second-order valence-electron chi connectivity index (χ2n) is 3.15. The number of hydrogen-bond acceptors (Lipinski definition) is 0. The highest BCUT2D eigenvalue weighted by Crippen LogP contribution is 2.55. The van der Waals surface area contributed by atoms with Gasteiger partial charge in [-0.25, -0.2) is 10.0 Å². The summed E-state index contributed by atoms with van der Waals surface area (Å²) < 4.78 is 1.47. The fourth-order valence-corrected chi connectivity index (χ4v) is 7.96. The zero-order valence-corrected chi connectivity index (χ0v) is 9.71.